The van der Waals surface area contributed by atoms with E-state index in [1.165, 1.54) is 38.5 Å². The lowest BCUT2D eigenvalue weighted by atomic mass is 9.81. The van der Waals surface area contributed by atoms with Crippen molar-refractivity contribution in [3.63, 3.8) is 0 Å². The van der Waals surface area contributed by atoms with E-state index in [1.807, 2.05) is 0 Å². The zero-order valence-electron chi connectivity index (χ0n) is 12.5. The lowest BCUT2D eigenvalue weighted by molar-refractivity contribution is -0.138. The second kappa shape index (κ2) is 5.88. The van der Waals surface area contributed by atoms with Crippen molar-refractivity contribution in [1.29, 1.82) is 0 Å². The van der Waals surface area contributed by atoms with Gasteiger partial charge in [-0.1, -0.05) is 38.5 Å². The molecular formula is C16H28N2OS. The van der Waals surface area contributed by atoms with Gasteiger partial charge < -0.3 is 10.6 Å². The molecule has 1 amide bonds. The summed E-state index contributed by atoms with van der Waals surface area (Å²) in [5.41, 5.74) is 5.91. The van der Waals surface area contributed by atoms with Crippen LogP contribution in [0.4, 0.5) is 0 Å². The van der Waals surface area contributed by atoms with E-state index in [4.69, 9.17) is 5.73 Å². The van der Waals surface area contributed by atoms with Crippen LogP contribution in [0, 0.1) is 0 Å². The number of nitrogens with two attached hydrogens (primary N) is 1. The molecule has 2 saturated carbocycles. The summed E-state index contributed by atoms with van der Waals surface area (Å²) >= 11 is 2.12. The first-order valence-corrected chi connectivity index (χ1v) is 9.35. The third-order valence-electron chi connectivity index (χ3n) is 5.47. The van der Waals surface area contributed by atoms with E-state index in [0.717, 1.165) is 44.5 Å². The van der Waals surface area contributed by atoms with Crippen molar-refractivity contribution in [2.75, 3.05) is 18.8 Å². The molecule has 114 valence electrons. The molecule has 20 heavy (non-hydrogen) atoms. The molecule has 0 unspecified atom stereocenters. The molecule has 1 saturated heterocycles. The van der Waals surface area contributed by atoms with E-state index in [0.29, 0.717) is 4.75 Å². The highest BCUT2D eigenvalue weighted by Gasteiger charge is 2.44. The number of hydrogen-bond donors (Lipinski definition) is 1. The van der Waals surface area contributed by atoms with Crippen molar-refractivity contribution in [1.82, 2.24) is 4.90 Å². The standard InChI is InChI=1S/C16H28N2OS/c17-16(9-5-2-6-10-16)14(19)18-11-12-20-15(13-18)7-3-1-4-8-15/h1-13,17H2. The SMILES string of the molecule is NC1(C(=O)N2CCSC3(CCCCC3)C2)CCCCC1. The smallest absolute Gasteiger partial charge is 0.242 e. The van der Waals surface area contributed by atoms with Gasteiger partial charge in [-0.2, -0.15) is 11.8 Å². The number of carbonyl (C=O) groups is 1. The van der Waals surface area contributed by atoms with Crippen molar-refractivity contribution in [3.05, 3.63) is 0 Å². The number of thioether (sulfide) groups is 1. The van der Waals surface area contributed by atoms with Crippen molar-refractivity contribution in [3.8, 4) is 0 Å². The van der Waals surface area contributed by atoms with Gasteiger partial charge in [-0.15, -0.1) is 0 Å². The van der Waals surface area contributed by atoms with Gasteiger partial charge in [-0.3, -0.25) is 4.79 Å². The molecule has 3 fully saturated rings. The van der Waals surface area contributed by atoms with Gasteiger partial charge in [0, 0.05) is 23.6 Å². The number of rotatable bonds is 1. The fraction of sp³-hybridized carbons (Fsp3) is 0.938. The molecule has 4 heteroatoms. The Labute approximate surface area is 127 Å². The first-order valence-electron chi connectivity index (χ1n) is 8.36. The summed E-state index contributed by atoms with van der Waals surface area (Å²) in [7, 11) is 0. The van der Waals surface area contributed by atoms with Gasteiger partial charge in [0.15, 0.2) is 0 Å². The quantitative estimate of drug-likeness (QED) is 0.809. The highest BCUT2D eigenvalue weighted by atomic mass is 32.2. The van der Waals surface area contributed by atoms with Crippen LogP contribution in [-0.4, -0.2) is 39.9 Å². The van der Waals surface area contributed by atoms with E-state index in [9.17, 15) is 4.79 Å². The number of hydrogen-bond acceptors (Lipinski definition) is 3. The number of nitrogens with zero attached hydrogens (tertiary/aromatic N) is 1. The minimum Gasteiger partial charge on any atom is -0.339 e. The van der Waals surface area contributed by atoms with Gasteiger partial charge >= 0.3 is 0 Å². The van der Waals surface area contributed by atoms with E-state index < -0.39 is 5.54 Å². The zero-order chi connectivity index (χ0) is 14.1. The normalized spacial score (nSPS) is 29.4. The van der Waals surface area contributed by atoms with Crippen molar-refractivity contribution in [2.24, 2.45) is 5.73 Å². The Morgan fingerprint density at radius 1 is 0.950 bits per heavy atom. The second-order valence-corrected chi connectivity index (χ2v) is 8.60. The van der Waals surface area contributed by atoms with Gasteiger partial charge in [0.25, 0.3) is 0 Å². The third-order valence-corrected chi connectivity index (χ3v) is 7.01. The van der Waals surface area contributed by atoms with Crippen LogP contribution in [0.3, 0.4) is 0 Å². The lowest BCUT2D eigenvalue weighted by Gasteiger charge is -2.47. The van der Waals surface area contributed by atoms with Crippen molar-refractivity contribution in [2.45, 2.75) is 74.5 Å². The van der Waals surface area contributed by atoms with Crippen LogP contribution in [0.25, 0.3) is 0 Å². The Morgan fingerprint density at radius 2 is 1.55 bits per heavy atom. The highest BCUT2D eigenvalue weighted by molar-refractivity contribution is 8.00. The molecule has 2 N–H and O–H groups in total. The predicted molar refractivity (Wildman–Crippen MR) is 84.9 cm³/mol. The molecule has 0 aromatic rings. The zero-order valence-corrected chi connectivity index (χ0v) is 13.3. The molecule has 0 aromatic heterocycles. The molecule has 0 aromatic carbocycles. The summed E-state index contributed by atoms with van der Waals surface area (Å²) in [6, 6.07) is 0. The predicted octanol–water partition coefficient (Wildman–Crippen LogP) is 2.93. The molecule has 0 bridgehead atoms. The summed E-state index contributed by atoms with van der Waals surface area (Å²) < 4.78 is 0.358. The first-order chi connectivity index (χ1) is 9.64. The monoisotopic (exact) mass is 296 g/mol. The van der Waals surface area contributed by atoms with Gasteiger partial charge in [0.1, 0.15) is 0 Å². The van der Waals surface area contributed by atoms with Gasteiger partial charge in [-0.25, -0.2) is 0 Å². The van der Waals surface area contributed by atoms with E-state index >= 15 is 0 Å². The molecule has 1 spiro atoms. The Bertz CT molecular complexity index is 354. The van der Waals surface area contributed by atoms with Crippen LogP contribution >= 0.6 is 11.8 Å². The summed E-state index contributed by atoms with van der Waals surface area (Å²) in [6.07, 6.45) is 11.9. The summed E-state index contributed by atoms with van der Waals surface area (Å²) in [5, 5.41) is 0. The van der Waals surface area contributed by atoms with Crippen molar-refractivity contribution >= 4 is 17.7 Å². The van der Waals surface area contributed by atoms with Crippen LogP contribution in [0.2, 0.25) is 0 Å². The van der Waals surface area contributed by atoms with Crippen LogP contribution in [0.5, 0.6) is 0 Å². The molecule has 3 aliphatic rings. The molecular weight excluding hydrogens is 268 g/mol. The molecule has 3 rings (SSSR count). The van der Waals surface area contributed by atoms with Gasteiger partial charge in [-0.05, 0) is 25.7 Å². The Morgan fingerprint density at radius 3 is 2.20 bits per heavy atom. The fourth-order valence-electron chi connectivity index (χ4n) is 4.23. The highest BCUT2D eigenvalue weighted by Crippen LogP contribution is 2.43. The molecule has 3 nitrogen and oxygen atoms in total. The third kappa shape index (κ3) is 2.87. The first kappa shape index (κ1) is 14.7. The van der Waals surface area contributed by atoms with E-state index in [-0.39, 0.29) is 5.91 Å². The maximum atomic E-state index is 12.9. The maximum Gasteiger partial charge on any atom is 0.242 e. The Kier molecular flexibility index (Phi) is 4.32. The molecule has 1 aliphatic heterocycles. The minimum atomic E-state index is -0.546. The average molecular weight is 296 g/mol. The molecule has 0 radical (unpaired) electrons. The lowest BCUT2D eigenvalue weighted by Crippen LogP contribution is -2.60. The maximum absolute atomic E-state index is 12.9. The van der Waals surface area contributed by atoms with Crippen molar-refractivity contribution < 1.29 is 4.79 Å². The molecule has 2 aliphatic carbocycles. The second-order valence-electron chi connectivity index (χ2n) is 7.04. The molecule has 0 atom stereocenters. The van der Waals surface area contributed by atoms with Crippen LogP contribution in [0.1, 0.15) is 64.2 Å². The van der Waals surface area contributed by atoms with E-state index in [2.05, 4.69) is 16.7 Å². The van der Waals surface area contributed by atoms with Crippen LogP contribution < -0.4 is 5.73 Å². The average Bonchev–Trinajstić information content (AvgIpc) is 2.48. The van der Waals surface area contributed by atoms with E-state index in [1.54, 1.807) is 0 Å². The van der Waals surface area contributed by atoms with Gasteiger partial charge in [0.05, 0.1) is 5.54 Å². The Hall–Kier alpha value is -0.220. The molecule has 1 heterocycles. The number of carbonyl (C=O) groups excluding carboxylic acids is 1. The minimum absolute atomic E-state index is 0.252. The van der Waals surface area contributed by atoms with Crippen LogP contribution in [0.15, 0.2) is 0 Å². The Balaban J connectivity index is 1.68. The summed E-state index contributed by atoms with van der Waals surface area (Å²) in [6.45, 7) is 1.86. The summed E-state index contributed by atoms with van der Waals surface area (Å²) in [4.78, 5) is 15.0. The fourth-order valence-corrected chi connectivity index (χ4v) is 5.80. The van der Waals surface area contributed by atoms with Gasteiger partial charge in [0.2, 0.25) is 5.91 Å². The van der Waals surface area contributed by atoms with Crippen LogP contribution in [-0.2, 0) is 4.79 Å². The summed E-state index contributed by atoms with van der Waals surface area (Å²) in [5.74, 6) is 1.35. The number of amides is 1. The largest absolute Gasteiger partial charge is 0.339 e. The topological polar surface area (TPSA) is 46.3 Å².